The van der Waals surface area contributed by atoms with Gasteiger partial charge in [-0.1, -0.05) is 13.8 Å². The van der Waals surface area contributed by atoms with Crippen LogP contribution >= 0.6 is 0 Å². The van der Waals surface area contributed by atoms with Crippen molar-refractivity contribution in [2.24, 2.45) is 16.2 Å². The van der Waals surface area contributed by atoms with E-state index in [4.69, 9.17) is 5.84 Å². The van der Waals surface area contributed by atoms with Gasteiger partial charge in [-0.15, -0.1) is 4.40 Å². The number of hydrogen-bond donors (Lipinski definition) is 1. The second-order valence-electron chi connectivity index (χ2n) is 4.63. The first-order chi connectivity index (χ1) is 8.42. The maximum Gasteiger partial charge on any atom is 0.287 e. The summed E-state index contributed by atoms with van der Waals surface area (Å²) >= 11 is 0. The van der Waals surface area contributed by atoms with E-state index >= 15 is 0 Å². The van der Waals surface area contributed by atoms with Gasteiger partial charge in [-0.3, -0.25) is 9.99 Å². The minimum absolute atomic E-state index is 0.0563. The van der Waals surface area contributed by atoms with Crippen molar-refractivity contribution in [3.63, 3.8) is 0 Å². The maximum absolute atomic E-state index is 12.0. The molecule has 0 spiro atoms. The SMILES string of the molecule is CC(C)CCC1=NS(=O)(=O)c2cnccc2N1N. The predicted molar refractivity (Wildman–Crippen MR) is 69.6 cm³/mol. The third-order valence-corrected chi connectivity index (χ3v) is 4.07. The molecular formula is C11H16N4O2S. The summed E-state index contributed by atoms with van der Waals surface area (Å²) in [5.74, 6) is 6.75. The summed E-state index contributed by atoms with van der Waals surface area (Å²) in [5, 5.41) is 1.33. The monoisotopic (exact) mass is 268 g/mol. The zero-order valence-electron chi connectivity index (χ0n) is 10.4. The first-order valence-corrected chi connectivity index (χ1v) is 7.18. The number of sulfonamides is 1. The molecule has 0 radical (unpaired) electrons. The summed E-state index contributed by atoms with van der Waals surface area (Å²) in [6.45, 7) is 4.13. The third kappa shape index (κ3) is 2.37. The molecule has 6 nitrogen and oxygen atoms in total. The van der Waals surface area contributed by atoms with E-state index in [9.17, 15) is 8.42 Å². The Morgan fingerprint density at radius 2 is 2.17 bits per heavy atom. The number of hydrogen-bond acceptors (Lipinski definition) is 5. The van der Waals surface area contributed by atoms with Crippen LogP contribution in [-0.2, 0) is 10.0 Å². The van der Waals surface area contributed by atoms with Gasteiger partial charge in [0.15, 0.2) is 0 Å². The largest absolute Gasteiger partial charge is 0.287 e. The first kappa shape index (κ1) is 13.0. The summed E-state index contributed by atoms with van der Waals surface area (Å²) in [6.07, 6.45) is 4.16. The van der Waals surface area contributed by atoms with Gasteiger partial charge in [0.1, 0.15) is 10.7 Å². The van der Waals surface area contributed by atoms with E-state index < -0.39 is 10.0 Å². The maximum atomic E-state index is 12.0. The molecule has 1 aliphatic rings. The van der Waals surface area contributed by atoms with Gasteiger partial charge in [0.05, 0.1) is 5.69 Å². The summed E-state index contributed by atoms with van der Waals surface area (Å²) in [7, 11) is -3.67. The number of aromatic nitrogens is 1. The molecule has 0 fully saturated rings. The highest BCUT2D eigenvalue weighted by Gasteiger charge is 2.29. The molecular weight excluding hydrogens is 252 g/mol. The van der Waals surface area contributed by atoms with Crippen LogP contribution < -0.4 is 10.9 Å². The number of nitrogens with zero attached hydrogens (tertiary/aromatic N) is 3. The lowest BCUT2D eigenvalue weighted by Gasteiger charge is -2.26. The summed E-state index contributed by atoms with van der Waals surface area (Å²) < 4.78 is 27.7. The molecule has 18 heavy (non-hydrogen) atoms. The molecule has 98 valence electrons. The van der Waals surface area contributed by atoms with Gasteiger partial charge in [-0.2, -0.15) is 8.42 Å². The van der Waals surface area contributed by atoms with Crippen molar-refractivity contribution in [2.75, 3.05) is 5.01 Å². The van der Waals surface area contributed by atoms with Crippen molar-refractivity contribution in [3.05, 3.63) is 18.5 Å². The van der Waals surface area contributed by atoms with Gasteiger partial charge in [0.2, 0.25) is 0 Å². The zero-order chi connectivity index (χ0) is 13.3. The number of fused-ring (bicyclic) bond motifs is 1. The van der Waals surface area contributed by atoms with Crippen LogP contribution in [0.1, 0.15) is 26.7 Å². The quantitative estimate of drug-likeness (QED) is 0.835. The lowest BCUT2D eigenvalue weighted by molar-refractivity contribution is 0.589. The van der Waals surface area contributed by atoms with E-state index in [2.05, 4.69) is 23.2 Å². The number of amidine groups is 1. The highest BCUT2D eigenvalue weighted by molar-refractivity contribution is 7.90. The Morgan fingerprint density at radius 3 is 2.83 bits per heavy atom. The molecule has 0 amide bonds. The first-order valence-electron chi connectivity index (χ1n) is 5.74. The summed E-state index contributed by atoms with van der Waals surface area (Å²) in [4.78, 5) is 3.85. The lowest BCUT2D eigenvalue weighted by atomic mass is 10.1. The number of hydrazine groups is 1. The number of pyridine rings is 1. The second kappa shape index (κ2) is 4.66. The smallest absolute Gasteiger partial charge is 0.264 e. The van der Waals surface area contributed by atoms with Crippen LogP contribution in [0, 0.1) is 5.92 Å². The van der Waals surface area contributed by atoms with Crippen LogP contribution in [0.15, 0.2) is 27.8 Å². The van der Waals surface area contributed by atoms with Crippen molar-refractivity contribution >= 4 is 21.5 Å². The molecule has 2 N–H and O–H groups in total. The standard InChI is InChI=1S/C11H16N4O2S/c1-8(2)3-4-11-14-18(16,17)10-7-13-6-5-9(10)15(11)12/h5-8H,3-4,12H2,1-2H3. The molecule has 0 unspecified atom stereocenters. The molecule has 0 aromatic carbocycles. The second-order valence-corrected chi connectivity index (χ2v) is 6.20. The highest BCUT2D eigenvalue weighted by Crippen LogP contribution is 2.29. The molecule has 0 saturated heterocycles. The number of rotatable bonds is 3. The Bertz CT molecular complexity index is 580. The molecule has 2 heterocycles. The van der Waals surface area contributed by atoms with Crippen LogP contribution in [0.2, 0.25) is 0 Å². The molecule has 1 aliphatic heterocycles. The molecule has 7 heteroatoms. The Morgan fingerprint density at radius 1 is 1.44 bits per heavy atom. The Hall–Kier alpha value is -1.47. The number of anilines is 1. The molecule has 0 bridgehead atoms. The average Bonchev–Trinajstić information content (AvgIpc) is 2.32. The topological polar surface area (TPSA) is 88.7 Å². The van der Waals surface area contributed by atoms with Crippen molar-refractivity contribution < 1.29 is 8.42 Å². The lowest BCUT2D eigenvalue weighted by Crippen LogP contribution is -2.41. The summed E-state index contributed by atoms with van der Waals surface area (Å²) in [5.41, 5.74) is 0.429. The fourth-order valence-corrected chi connectivity index (χ4v) is 2.90. The fraction of sp³-hybridized carbons (Fsp3) is 0.455. The van der Waals surface area contributed by atoms with Crippen LogP contribution in [-0.4, -0.2) is 19.2 Å². The van der Waals surface area contributed by atoms with Gasteiger partial charge >= 0.3 is 0 Å². The van der Waals surface area contributed by atoms with Gasteiger partial charge in [0.25, 0.3) is 10.0 Å². The van der Waals surface area contributed by atoms with Crippen LogP contribution in [0.4, 0.5) is 5.69 Å². The molecule has 2 rings (SSSR count). The molecule has 0 aliphatic carbocycles. The Labute approximate surface area is 107 Å². The van der Waals surface area contributed by atoms with E-state index in [0.29, 0.717) is 23.9 Å². The van der Waals surface area contributed by atoms with Gasteiger partial charge < -0.3 is 0 Å². The molecule has 1 aromatic heterocycles. The number of nitrogens with two attached hydrogens (primary N) is 1. The van der Waals surface area contributed by atoms with E-state index in [0.717, 1.165) is 6.42 Å². The average molecular weight is 268 g/mol. The predicted octanol–water partition coefficient (Wildman–Crippen LogP) is 1.30. The van der Waals surface area contributed by atoms with Crippen molar-refractivity contribution in [2.45, 2.75) is 31.6 Å². The van der Waals surface area contributed by atoms with E-state index in [1.54, 1.807) is 6.07 Å². The van der Waals surface area contributed by atoms with Crippen molar-refractivity contribution in [1.82, 2.24) is 4.98 Å². The van der Waals surface area contributed by atoms with E-state index in [1.165, 1.54) is 17.4 Å². The Balaban J connectivity index is 2.40. The van der Waals surface area contributed by atoms with E-state index in [1.807, 2.05) is 0 Å². The zero-order valence-corrected chi connectivity index (χ0v) is 11.2. The third-order valence-electron chi connectivity index (χ3n) is 2.75. The normalized spacial score (nSPS) is 17.6. The highest BCUT2D eigenvalue weighted by atomic mass is 32.2. The Kier molecular flexibility index (Phi) is 3.36. The van der Waals surface area contributed by atoms with Crippen LogP contribution in [0.25, 0.3) is 0 Å². The van der Waals surface area contributed by atoms with Gasteiger partial charge in [-0.25, -0.2) is 5.84 Å². The van der Waals surface area contributed by atoms with Crippen LogP contribution in [0.5, 0.6) is 0 Å². The van der Waals surface area contributed by atoms with Crippen molar-refractivity contribution in [3.8, 4) is 0 Å². The molecule has 1 aromatic rings. The summed E-state index contributed by atoms with van der Waals surface area (Å²) in [6, 6.07) is 1.58. The van der Waals surface area contributed by atoms with Crippen molar-refractivity contribution in [1.29, 1.82) is 0 Å². The van der Waals surface area contributed by atoms with Gasteiger partial charge in [0, 0.05) is 18.8 Å². The van der Waals surface area contributed by atoms with E-state index in [-0.39, 0.29) is 4.90 Å². The minimum atomic E-state index is -3.67. The molecule has 0 saturated carbocycles. The minimum Gasteiger partial charge on any atom is -0.264 e. The fourth-order valence-electron chi connectivity index (χ4n) is 1.73. The molecule has 0 atom stereocenters. The van der Waals surface area contributed by atoms with Crippen LogP contribution in [0.3, 0.4) is 0 Å². The van der Waals surface area contributed by atoms with Gasteiger partial charge in [-0.05, 0) is 18.4 Å².